The molecule has 0 saturated heterocycles. The standard InChI is InChI=1S/C26H35F3N4O5/c1-24(2)13-20(34)33(23(30)32-24)17(9-10-36-5)14-11-15(14)22(35)31-16-12-25(3,4)37-18-7-6-8-19(21(16)18)38-26(27,28)29/h6-8,14-17H,9-13H2,1-5H3,(H2,30,32)(H,31,35)/t14-,15-,16+,17-/m1/s1. The summed E-state index contributed by atoms with van der Waals surface area (Å²) in [5.41, 5.74) is 5.01. The largest absolute Gasteiger partial charge is 0.573 e. The van der Waals surface area contributed by atoms with E-state index in [2.05, 4.69) is 15.0 Å². The van der Waals surface area contributed by atoms with E-state index in [-0.39, 0.29) is 53.9 Å². The predicted octanol–water partition coefficient (Wildman–Crippen LogP) is 3.67. The first-order valence-electron chi connectivity index (χ1n) is 12.7. The van der Waals surface area contributed by atoms with E-state index in [1.54, 1.807) is 27.0 Å². The van der Waals surface area contributed by atoms with E-state index in [4.69, 9.17) is 15.2 Å². The predicted molar refractivity (Wildman–Crippen MR) is 132 cm³/mol. The molecule has 4 rings (SSSR count). The fourth-order valence-electron chi connectivity index (χ4n) is 5.56. The molecule has 1 fully saturated rings. The van der Waals surface area contributed by atoms with E-state index < -0.39 is 35.2 Å². The minimum absolute atomic E-state index is 0.118. The highest BCUT2D eigenvalue weighted by Gasteiger charge is 2.53. The number of fused-ring (bicyclic) bond motifs is 1. The molecule has 210 valence electrons. The van der Waals surface area contributed by atoms with E-state index in [9.17, 15) is 22.8 Å². The number of guanidine groups is 1. The zero-order valence-electron chi connectivity index (χ0n) is 22.2. The summed E-state index contributed by atoms with van der Waals surface area (Å²) in [5, 5.41) is 2.94. The van der Waals surface area contributed by atoms with Crippen molar-refractivity contribution in [2.24, 2.45) is 22.6 Å². The van der Waals surface area contributed by atoms with Crippen molar-refractivity contribution >= 4 is 17.8 Å². The molecule has 0 radical (unpaired) electrons. The lowest BCUT2D eigenvalue weighted by Gasteiger charge is -2.39. The molecular weight excluding hydrogens is 505 g/mol. The maximum absolute atomic E-state index is 13.4. The van der Waals surface area contributed by atoms with Gasteiger partial charge in [0, 0.05) is 32.1 Å². The topological polar surface area (TPSA) is 115 Å². The van der Waals surface area contributed by atoms with E-state index in [1.807, 2.05) is 13.8 Å². The Morgan fingerprint density at radius 2 is 2.03 bits per heavy atom. The van der Waals surface area contributed by atoms with Crippen LogP contribution in [-0.4, -0.2) is 59.9 Å². The van der Waals surface area contributed by atoms with Crippen LogP contribution in [0.2, 0.25) is 0 Å². The van der Waals surface area contributed by atoms with Crippen molar-refractivity contribution in [2.75, 3.05) is 13.7 Å². The van der Waals surface area contributed by atoms with Crippen LogP contribution in [0.25, 0.3) is 0 Å². The quantitative estimate of drug-likeness (QED) is 0.520. The third-order valence-corrected chi connectivity index (χ3v) is 7.14. The average Bonchev–Trinajstić information content (AvgIpc) is 3.53. The third kappa shape index (κ3) is 6.16. The molecule has 1 saturated carbocycles. The minimum atomic E-state index is -4.90. The monoisotopic (exact) mass is 540 g/mol. The fourth-order valence-corrected chi connectivity index (χ4v) is 5.56. The van der Waals surface area contributed by atoms with Crippen LogP contribution in [-0.2, 0) is 14.3 Å². The molecule has 2 aliphatic heterocycles. The lowest BCUT2D eigenvalue weighted by Crippen LogP contribution is -2.55. The van der Waals surface area contributed by atoms with Gasteiger partial charge in [0.2, 0.25) is 11.8 Å². The number of rotatable bonds is 8. The summed E-state index contributed by atoms with van der Waals surface area (Å²) in [5.74, 6) is -1.18. The molecule has 0 spiro atoms. The highest BCUT2D eigenvalue weighted by atomic mass is 19.4. The lowest BCUT2D eigenvalue weighted by atomic mass is 9.89. The van der Waals surface area contributed by atoms with Gasteiger partial charge in [-0.15, -0.1) is 13.2 Å². The molecule has 4 atom stereocenters. The van der Waals surface area contributed by atoms with Gasteiger partial charge < -0.3 is 25.3 Å². The van der Waals surface area contributed by atoms with Crippen LogP contribution < -0.4 is 20.5 Å². The van der Waals surface area contributed by atoms with Crippen LogP contribution in [0.15, 0.2) is 23.2 Å². The summed E-state index contributed by atoms with van der Waals surface area (Å²) in [6, 6.07) is 3.04. The number of hydrogen-bond donors (Lipinski definition) is 2. The number of aliphatic imine (C=N–C) groups is 1. The molecule has 12 heteroatoms. The van der Waals surface area contributed by atoms with Crippen LogP contribution in [0.5, 0.6) is 11.5 Å². The number of nitrogens with one attached hydrogen (secondary N) is 1. The Morgan fingerprint density at radius 1 is 1.32 bits per heavy atom. The van der Waals surface area contributed by atoms with Crippen molar-refractivity contribution in [3.05, 3.63) is 23.8 Å². The van der Waals surface area contributed by atoms with Gasteiger partial charge in [0.15, 0.2) is 5.96 Å². The molecule has 3 aliphatic rings. The molecule has 3 N–H and O–H groups in total. The number of halogens is 3. The number of ether oxygens (including phenoxy) is 3. The summed E-state index contributed by atoms with van der Waals surface area (Å²) in [4.78, 5) is 32.4. The maximum atomic E-state index is 13.4. The second-order valence-corrected chi connectivity index (χ2v) is 11.4. The number of benzene rings is 1. The number of alkyl halides is 3. The highest BCUT2D eigenvalue weighted by Crippen LogP contribution is 2.48. The SMILES string of the molecule is COCC[C@H]([C@@H]1C[C@H]1C(=O)N[C@H]1CC(C)(C)Oc2cccc(OC(F)(F)F)c21)N1C(=O)CC(C)(C)N=C1N. The van der Waals surface area contributed by atoms with Gasteiger partial charge in [-0.3, -0.25) is 14.5 Å². The van der Waals surface area contributed by atoms with Gasteiger partial charge in [-0.1, -0.05) is 6.07 Å². The van der Waals surface area contributed by atoms with Gasteiger partial charge in [0.05, 0.1) is 23.6 Å². The van der Waals surface area contributed by atoms with Crippen LogP contribution >= 0.6 is 0 Å². The minimum Gasteiger partial charge on any atom is -0.487 e. The van der Waals surface area contributed by atoms with Crippen LogP contribution in [0.4, 0.5) is 13.2 Å². The number of carbonyl (C=O) groups is 2. The van der Waals surface area contributed by atoms with Gasteiger partial charge in [-0.05, 0) is 58.6 Å². The highest BCUT2D eigenvalue weighted by molar-refractivity contribution is 5.99. The maximum Gasteiger partial charge on any atom is 0.573 e. The van der Waals surface area contributed by atoms with Crippen molar-refractivity contribution < 1.29 is 37.0 Å². The van der Waals surface area contributed by atoms with Crippen LogP contribution in [0, 0.1) is 11.8 Å². The molecule has 38 heavy (non-hydrogen) atoms. The number of carbonyl (C=O) groups excluding carboxylic acids is 2. The second-order valence-electron chi connectivity index (χ2n) is 11.4. The fraction of sp³-hybridized carbons (Fsp3) is 0.654. The normalized spacial score (nSPS) is 26.5. The van der Waals surface area contributed by atoms with Crippen molar-refractivity contribution in [2.45, 2.75) is 83.0 Å². The Balaban J connectivity index is 1.55. The zero-order chi connectivity index (χ0) is 28.0. The van der Waals surface area contributed by atoms with E-state index in [0.717, 1.165) is 0 Å². The Morgan fingerprint density at radius 3 is 2.66 bits per heavy atom. The molecule has 9 nitrogen and oxygen atoms in total. The molecular formula is C26H35F3N4O5. The zero-order valence-corrected chi connectivity index (χ0v) is 22.2. The summed E-state index contributed by atoms with van der Waals surface area (Å²) in [7, 11) is 1.55. The van der Waals surface area contributed by atoms with Crippen LogP contribution in [0.3, 0.4) is 0 Å². The number of hydrogen-bond acceptors (Lipinski definition) is 7. The lowest BCUT2D eigenvalue weighted by molar-refractivity contribution is -0.275. The van der Waals surface area contributed by atoms with Crippen molar-refractivity contribution in [3.8, 4) is 11.5 Å². The number of nitrogens with two attached hydrogens (primary N) is 1. The van der Waals surface area contributed by atoms with Crippen LogP contribution in [0.1, 0.15) is 65.0 Å². The van der Waals surface area contributed by atoms with E-state index in [1.165, 1.54) is 17.0 Å². The molecule has 1 aromatic carbocycles. The molecule has 1 aliphatic carbocycles. The third-order valence-electron chi connectivity index (χ3n) is 7.14. The number of methoxy groups -OCH3 is 1. The van der Waals surface area contributed by atoms with Crippen molar-refractivity contribution in [1.82, 2.24) is 10.2 Å². The number of amides is 2. The Hall–Kier alpha value is -3.02. The Kier molecular flexibility index (Phi) is 7.32. The molecule has 2 heterocycles. The first-order valence-corrected chi connectivity index (χ1v) is 12.7. The van der Waals surface area contributed by atoms with Gasteiger partial charge in [0.1, 0.15) is 17.1 Å². The summed E-state index contributed by atoms with van der Waals surface area (Å²) >= 11 is 0. The number of nitrogens with zero attached hydrogens (tertiary/aromatic N) is 2. The van der Waals surface area contributed by atoms with Crippen molar-refractivity contribution in [3.63, 3.8) is 0 Å². The second kappa shape index (κ2) is 9.94. The van der Waals surface area contributed by atoms with E-state index in [0.29, 0.717) is 19.4 Å². The molecule has 0 bridgehead atoms. The van der Waals surface area contributed by atoms with Crippen molar-refractivity contribution in [1.29, 1.82) is 0 Å². The Bertz CT molecular complexity index is 1120. The first-order chi connectivity index (χ1) is 17.6. The molecule has 0 aromatic heterocycles. The summed E-state index contributed by atoms with van der Waals surface area (Å²) < 4.78 is 54.7. The summed E-state index contributed by atoms with van der Waals surface area (Å²) in [6.45, 7) is 7.63. The van der Waals surface area contributed by atoms with Gasteiger partial charge in [-0.25, -0.2) is 4.99 Å². The summed E-state index contributed by atoms with van der Waals surface area (Å²) in [6.07, 6.45) is -3.50. The molecule has 0 unspecified atom stereocenters. The molecule has 2 amide bonds. The average molecular weight is 541 g/mol. The van der Waals surface area contributed by atoms with Gasteiger partial charge in [-0.2, -0.15) is 0 Å². The Labute approximate surface area is 219 Å². The molecule has 1 aromatic rings. The smallest absolute Gasteiger partial charge is 0.487 e. The van der Waals surface area contributed by atoms with Gasteiger partial charge in [0.25, 0.3) is 0 Å². The first kappa shape index (κ1) is 28.0. The van der Waals surface area contributed by atoms with E-state index >= 15 is 0 Å². The van der Waals surface area contributed by atoms with Gasteiger partial charge >= 0.3 is 6.36 Å².